The lowest BCUT2D eigenvalue weighted by atomic mass is 10.1. The van der Waals surface area contributed by atoms with Crippen molar-refractivity contribution in [1.82, 2.24) is 15.4 Å². The van der Waals surface area contributed by atoms with Crippen molar-refractivity contribution in [3.8, 4) is 22.8 Å². The molecule has 0 N–H and O–H groups in total. The molecule has 1 atom stereocenters. The van der Waals surface area contributed by atoms with Crippen molar-refractivity contribution < 1.29 is 9.47 Å². The molecule has 1 unspecified atom stereocenters. The van der Waals surface area contributed by atoms with Gasteiger partial charge in [-0.1, -0.05) is 44.9 Å². The zero-order valence-corrected chi connectivity index (χ0v) is 17.3. The zero-order chi connectivity index (χ0) is 20.3. The van der Waals surface area contributed by atoms with E-state index in [4.69, 9.17) is 9.47 Å². The van der Waals surface area contributed by atoms with Gasteiger partial charge < -0.3 is 9.47 Å². The van der Waals surface area contributed by atoms with Crippen LogP contribution in [0.25, 0.3) is 11.3 Å². The Hall–Kier alpha value is -2.95. The minimum absolute atomic E-state index is 0.253. The van der Waals surface area contributed by atoms with Crippen LogP contribution in [-0.2, 0) is 6.61 Å². The van der Waals surface area contributed by atoms with E-state index in [1.807, 2.05) is 48.5 Å². The van der Waals surface area contributed by atoms with E-state index in [1.54, 1.807) is 6.20 Å². The van der Waals surface area contributed by atoms with E-state index in [0.29, 0.717) is 6.61 Å². The number of benzene rings is 2. The number of aromatic nitrogens is 3. The topological polar surface area (TPSA) is 57.1 Å². The van der Waals surface area contributed by atoms with Crippen LogP contribution in [0.1, 0.15) is 51.5 Å². The summed E-state index contributed by atoms with van der Waals surface area (Å²) in [6.07, 6.45) is 7.69. The monoisotopic (exact) mass is 391 g/mol. The van der Waals surface area contributed by atoms with E-state index < -0.39 is 0 Å². The summed E-state index contributed by atoms with van der Waals surface area (Å²) in [6, 6.07) is 17.8. The second-order valence-corrected chi connectivity index (χ2v) is 7.07. The summed E-state index contributed by atoms with van der Waals surface area (Å²) in [5, 5.41) is 11.4. The Morgan fingerprint density at radius 3 is 2.48 bits per heavy atom. The largest absolute Gasteiger partial charge is 0.490 e. The average molecular weight is 392 g/mol. The molecule has 0 bridgehead atoms. The Bertz CT molecular complexity index is 854. The fraction of sp³-hybridized carbons (Fsp3) is 0.375. The quantitative estimate of drug-likeness (QED) is 0.383. The predicted octanol–water partition coefficient (Wildman–Crippen LogP) is 5.86. The third-order valence-electron chi connectivity index (χ3n) is 4.90. The third-order valence-corrected chi connectivity index (χ3v) is 4.90. The number of hydrogen-bond acceptors (Lipinski definition) is 5. The molecular formula is C24H29N3O2. The fourth-order valence-electron chi connectivity index (χ4n) is 3.16. The molecule has 0 spiro atoms. The van der Waals surface area contributed by atoms with Crippen LogP contribution in [0.5, 0.6) is 11.5 Å². The van der Waals surface area contributed by atoms with Crippen LogP contribution >= 0.6 is 0 Å². The van der Waals surface area contributed by atoms with E-state index >= 15 is 0 Å². The average Bonchev–Trinajstić information content (AvgIpc) is 2.79. The fourth-order valence-corrected chi connectivity index (χ4v) is 3.16. The van der Waals surface area contributed by atoms with Gasteiger partial charge in [0, 0.05) is 11.1 Å². The van der Waals surface area contributed by atoms with Gasteiger partial charge in [-0.2, -0.15) is 0 Å². The molecule has 0 saturated carbocycles. The van der Waals surface area contributed by atoms with Crippen LogP contribution in [0.2, 0.25) is 0 Å². The van der Waals surface area contributed by atoms with Crippen LogP contribution in [0.4, 0.5) is 0 Å². The highest BCUT2D eigenvalue weighted by atomic mass is 16.5. The van der Waals surface area contributed by atoms with Crippen molar-refractivity contribution in [2.45, 2.75) is 58.7 Å². The molecule has 5 nitrogen and oxygen atoms in total. The van der Waals surface area contributed by atoms with Crippen molar-refractivity contribution in [2.24, 2.45) is 0 Å². The number of nitrogens with zero attached hydrogens (tertiary/aromatic N) is 3. The number of unbranched alkanes of at least 4 members (excludes halogenated alkanes) is 2. The lowest BCUT2D eigenvalue weighted by Crippen LogP contribution is -2.16. The molecule has 0 fully saturated rings. The van der Waals surface area contributed by atoms with Gasteiger partial charge in [0.1, 0.15) is 18.1 Å². The summed E-state index contributed by atoms with van der Waals surface area (Å²) >= 11 is 0. The summed E-state index contributed by atoms with van der Waals surface area (Å²) < 4.78 is 12.3. The van der Waals surface area contributed by atoms with Gasteiger partial charge in [0.25, 0.3) is 0 Å². The molecule has 3 aromatic rings. The second kappa shape index (κ2) is 11.1. The summed E-state index contributed by atoms with van der Waals surface area (Å²) in [5.74, 6) is 1.72. The normalized spacial score (nSPS) is 11.8. The van der Waals surface area contributed by atoms with Crippen LogP contribution in [0.15, 0.2) is 60.8 Å². The molecule has 0 aliphatic rings. The smallest absolute Gasteiger partial charge is 0.126 e. The molecular weight excluding hydrogens is 362 g/mol. The van der Waals surface area contributed by atoms with E-state index in [2.05, 4.69) is 35.3 Å². The molecule has 152 valence electrons. The first-order valence-corrected chi connectivity index (χ1v) is 10.4. The van der Waals surface area contributed by atoms with Gasteiger partial charge in [-0.05, 0) is 60.9 Å². The first-order valence-electron chi connectivity index (χ1n) is 10.4. The van der Waals surface area contributed by atoms with Crippen LogP contribution in [-0.4, -0.2) is 21.5 Å². The van der Waals surface area contributed by atoms with Crippen LogP contribution in [0, 0.1) is 0 Å². The molecule has 0 radical (unpaired) electrons. The zero-order valence-electron chi connectivity index (χ0n) is 17.3. The molecule has 0 aliphatic carbocycles. The SMILES string of the molecule is CCCCCC(CC)Oc1ccccc1COc1ccc(-c2ccnnn2)cc1. The van der Waals surface area contributed by atoms with Gasteiger partial charge in [-0.3, -0.25) is 0 Å². The van der Waals surface area contributed by atoms with Crippen molar-refractivity contribution in [1.29, 1.82) is 0 Å². The van der Waals surface area contributed by atoms with Gasteiger partial charge in [0.2, 0.25) is 0 Å². The van der Waals surface area contributed by atoms with E-state index in [9.17, 15) is 0 Å². The van der Waals surface area contributed by atoms with Gasteiger partial charge in [0.05, 0.1) is 18.0 Å². The molecule has 29 heavy (non-hydrogen) atoms. The first-order chi connectivity index (χ1) is 14.3. The van der Waals surface area contributed by atoms with Gasteiger partial charge in [-0.25, -0.2) is 0 Å². The maximum Gasteiger partial charge on any atom is 0.126 e. The lowest BCUT2D eigenvalue weighted by molar-refractivity contribution is 0.177. The van der Waals surface area contributed by atoms with Crippen LogP contribution in [0.3, 0.4) is 0 Å². The summed E-state index contributed by atoms with van der Waals surface area (Å²) in [5.41, 5.74) is 2.83. The van der Waals surface area contributed by atoms with Crippen molar-refractivity contribution >= 4 is 0 Å². The molecule has 5 heteroatoms. The Morgan fingerprint density at radius 2 is 1.76 bits per heavy atom. The molecule has 0 saturated heterocycles. The minimum Gasteiger partial charge on any atom is -0.490 e. The standard InChI is InChI=1S/C24H29N3O2/c1-3-5-6-10-21(4-2)29-24-11-8-7-9-20(24)18-28-22-14-12-19(13-15-22)23-16-17-25-27-26-23/h7-9,11-17,21H,3-6,10,18H2,1-2H3. The van der Waals surface area contributed by atoms with Crippen molar-refractivity contribution in [2.75, 3.05) is 0 Å². The number of rotatable bonds is 11. The molecule has 0 amide bonds. The highest BCUT2D eigenvalue weighted by Gasteiger charge is 2.11. The van der Waals surface area contributed by atoms with Gasteiger partial charge in [-0.15, -0.1) is 10.2 Å². The molecule has 1 aromatic heterocycles. The summed E-state index contributed by atoms with van der Waals surface area (Å²) in [7, 11) is 0. The molecule has 3 rings (SSSR count). The van der Waals surface area contributed by atoms with Crippen molar-refractivity contribution in [3.05, 3.63) is 66.4 Å². The second-order valence-electron chi connectivity index (χ2n) is 7.07. The summed E-state index contributed by atoms with van der Waals surface area (Å²) in [6.45, 7) is 4.88. The van der Waals surface area contributed by atoms with Crippen LogP contribution < -0.4 is 9.47 Å². The Kier molecular flexibility index (Phi) is 7.99. The Balaban J connectivity index is 1.60. The first kappa shape index (κ1) is 20.8. The Labute approximate surface area is 173 Å². The van der Waals surface area contributed by atoms with Gasteiger partial charge >= 0.3 is 0 Å². The van der Waals surface area contributed by atoms with E-state index in [-0.39, 0.29) is 6.10 Å². The highest BCUT2D eigenvalue weighted by Crippen LogP contribution is 2.25. The van der Waals surface area contributed by atoms with E-state index in [1.165, 1.54) is 19.3 Å². The number of para-hydroxylation sites is 1. The third kappa shape index (κ3) is 6.28. The summed E-state index contributed by atoms with van der Waals surface area (Å²) in [4.78, 5) is 0. The molecule has 1 heterocycles. The maximum atomic E-state index is 6.31. The lowest BCUT2D eigenvalue weighted by Gasteiger charge is -2.20. The van der Waals surface area contributed by atoms with E-state index in [0.717, 1.165) is 41.2 Å². The predicted molar refractivity (Wildman–Crippen MR) is 115 cm³/mol. The number of hydrogen-bond donors (Lipinski definition) is 0. The molecule has 0 aliphatic heterocycles. The van der Waals surface area contributed by atoms with Crippen molar-refractivity contribution in [3.63, 3.8) is 0 Å². The van der Waals surface area contributed by atoms with Gasteiger partial charge in [0.15, 0.2) is 0 Å². The Morgan fingerprint density at radius 1 is 0.931 bits per heavy atom. The highest BCUT2D eigenvalue weighted by molar-refractivity contribution is 5.58. The molecule has 2 aromatic carbocycles. The number of ether oxygens (including phenoxy) is 2. The minimum atomic E-state index is 0.253. The maximum absolute atomic E-state index is 6.31.